The molecule has 2 unspecified atom stereocenters. The SMILES string of the molecule is C1=CC(n2c3c(c4ccccc42)C(c2ccccc2)c2ccccc2-3)NC(n2c3ccccc3c3c2c2ccccc2n3-c2cccc(-n3c4ccccc4c4ccccc43)c2)=C1. The number of fused-ring (bicyclic) bond motifs is 13. The summed E-state index contributed by atoms with van der Waals surface area (Å²) in [6.45, 7) is 0. The van der Waals surface area contributed by atoms with Crippen molar-refractivity contribution in [2.24, 2.45) is 0 Å². The number of dihydropyridines is 1. The Morgan fingerprint density at radius 2 is 0.937 bits per heavy atom. The molecule has 12 aromatic rings. The van der Waals surface area contributed by atoms with Crippen LogP contribution < -0.4 is 5.32 Å². The van der Waals surface area contributed by atoms with Crippen molar-refractivity contribution >= 4 is 71.4 Å². The van der Waals surface area contributed by atoms with E-state index in [1.54, 1.807) is 0 Å². The molecule has 0 amide bonds. The predicted octanol–water partition coefficient (Wildman–Crippen LogP) is 14.1. The Labute approximate surface area is 363 Å². The van der Waals surface area contributed by atoms with Gasteiger partial charge in [-0.2, -0.15) is 0 Å². The van der Waals surface area contributed by atoms with E-state index in [1.807, 2.05) is 0 Å². The van der Waals surface area contributed by atoms with E-state index < -0.39 is 0 Å². The molecule has 0 spiro atoms. The average Bonchev–Trinajstić information content (AvgIpc) is 4.14. The van der Waals surface area contributed by atoms with E-state index in [1.165, 1.54) is 88.0 Å². The lowest BCUT2D eigenvalue weighted by Crippen LogP contribution is -2.28. The third-order valence-corrected chi connectivity index (χ3v) is 13.7. The van der Waals surface area contributed by atoms with Crippen LogP contribution in [0.4, 0.5) is 0 Å². The van der Waals surface area contributed by atoms with E-state index in [-0.39, 0.29) is 12.1 Å². The maximum Gasteiger partial charge on any atom is 0.124 e. The second kappa shape index (κ2) is 13.1. The van der Waals surface area contributed by atoms with Crippen LogP contribution in [0.25, 0.3) is 94.0 Å². The van der Waals surface area contributed by atoms with Gasteiger partial charge in [0.2, 0.25) is 0 Å². The maximum absolute atomic E-state index is 4.11. The minimum Gasteiger partial charge on any atom is -0.347 e. The molecule has 296 valence electrons. The number of nitrogens with one attached hydrogen (secondary N) is 1. The minimum absolute atomic E-state index is 0.145. The summed E-state index contributed by atoms with van der Waals surface area (Å²) >= 11 is 0. The first-order chi connectivity index (χ1) is 31.3. The number of nitrogens with zero attached hydrogens (tertiary/aromatic N) is 4. The highest BCUT2D eigenvalue weighted by Crippen LogP contribution is 2.53. The molecule has 1 aliphatic heterocycles. The van der Waals surface area contributed by atoms with Gasteiger partial charge in [-0.15, -0.1) is 0 Å². The van der Waals surface area contributed by atoms with E-state index >= 15 is 0 Å². The third kappa shape index (κ3) is 4.76. The van der Waals surface area contributed by atoms with Gasteiger partial charge in [0.25, 0.3) is 0 Å². The third-order valence-electron chi connectivity index (χ3n) is 13.7. The van der Waals surface area contributed by atoms with Gasteiger partial charge in [-0.25, -0.2) is 0 Å². The Hall–Kier alpha value is -8.28. The van der Waals surface area contributed by atoms with Crippen molar-refractivity contribution in [3.8, 4) is 22.6 Å². The summed E-state index contributed by atoms with van der Waals surface area (Å²) in [5.74, 6) is 1.19. The molecule has 1 aliphatic carbocycles. The monoisotopic (exact) mass is 805 g/mol. The summed E-state index contributed by atoms with van der Waals surface area (Å²) in [6, 6.07) is 73.3. The van der Waals surface area contributed by atoms with Gasteiger partial charge in [0.1, 0.15) is 12.0 Å². The number of hydrogen-bond acceptors (Lipinski definition) is 1. The van der Waals surface area contributed by atoms with E-state index in [2.05, 4.69) is 242 Å². The lowest BCUT2D eigenvalue weighted by molar-refractivity contribution is 0.567. The Kier molecular flexibility index (Phi) is 7.17. The van der Waals surface area contributed by atoms with Gasteiger partial charge in [0.15, 0.2) is 0 Å². The van der Waals surface area contributed by atoms with Gasteiger partial charge in [-0.1, -0.05) is 158 Å². The molecule has 1 N–H and O–H groups in total. The van der Waals surface area contributed by atoms with Crippen molar-refractivity contribution < 1.29 is 0 Å². The molecule has 8 aromatic carbocycles. The van der Waals surface area contributed by atoms with Gasteiger partial charge < -0.3 is 19.0 Å². The highest BCUT2D eigenvalue weighted by Gasteiger charge is 2.37. The van der Waals surface area contributed by atoms with Crippen LogP contribution in [0.1, 0.15) is 28.8 Å². The summed E-state index contributed by atoms with van der Waals surface area (Å²) in [5.41, 5.74) is 17.2. The predicted molar refractivity (Wildman–Crippen MR) is 261 cm³/mol. The van der Waals surface area contributed by atoms with Crippen molar-refractivity contribution in [2.45, 2.75) is 12.1 Å². The van der Waals surface area contributed by atoms with Gasteiger partial charge in [-0.05, 0) is 77.4 Å². The second-order valence-electron chi connectivity index (χ2n) is 16.9. The molecule has 14 rings (SSSR count). The first kappa shape index (κ1) is 34.4. The van der Waals surface area contributed by atoms with Crippen LogP contribution in [0.3, 0.4) is 0 Å². The normalized spacial score (nSPS) is 15.8. The Morgan fingerprint density at radius 1 is 0.413 bits per heavy atom. The van der Waals surface area contributed by atoms with Gasteiger partial charge in [0, 0.05) is 49.8 Å². The van der Waals surface area contributed by atoms with Crippen LogP contribution in [0.2, 0.25) is 0 Å². The lowest BCUT2D eigenvalue weighted by atomic mass is 9.88. The quantitative estimate of drug-likeness (QED) is 0.185. The summed E-state index contributed by atoms with van der Waals surface area (Å²) in [4.78, 5) is 0. The number of allylic oxidation sites excluding steroid dienone is 2. The zero-order valence-corrected chi connectivity index (χ0v) is 34.2. The number of benzene rings is 8. The fourth-order valence-electron chi connectivity index (χ4n) is 11.2. The molecule has 0 saturated heterocycles. The van der Waals surface area contributed by atoms with Crippen LogP contribution in [-0.2, 0) is 0 Å². The van der Waals surface area contributed by atoms with Crippen molar-refractivity contribution in [1.82, 2.24) is 23.6 Å². The zero-order chi connectivity index (χ0) is 41.2. The first-order valence-corrected chi connectivity index (χ1v) is 21.9. The smallest absolute Gasteiger partial charge is 0.124 e. The molecule has 4 aromatic heterocycles. The van der Waals surface area contributed by atoms with Gasteiger partial charge in [-0.3, -0.25) is 4.57 Å². The van der Waals surface area contributed by atoms with Gasteiger partial charge >= 0.3 is 0 Å². The Morgan fingerprint density at radius 3 is 1.63 bits per heavy atom. The zero-order valence-electron chi connectivity index (χ0n) is 34.2. The van der Waals surface area contributed by atoms with Crippen LogP contribution in [0, 0.1) is 0 Å². The molecular weight excluding hydrogens is 767 g/mol. The molecule has 0 fully saturated rings. The average molecular weight is 806 g/mol. The molecule has 5 nitrogen and oxygen atoms in total. The molecule has 2 aliphatic rings. The number of aromatic nitrogens is 4. The number of rotatable bonds is 5. The second-order valence-corrected chi connectivity index (χ2v) is 16.9. The van der Waals surface area contributed by atoms with Crippen molar-refractivity contribution in [3.05, 3.63) is 235 Å². The molecular formula is C58H39N5. The van der Waals surface area contributed by atoms with Crippen molar-refractivity contribution in [2.75, 3.05) is 0 Å². The van der Waals surface area contributed by atoms with E-state index in [0.29, 0.717) is 0 Å². The molecule has 5 heterocycles. The summed E-state index contributed by atoms with van der Waals surface area (Å²) in [7, 11) is 0. The highest BCUT2D eigenvalue weighted by atomic mass is 15.3. The maximum atomic E-state index is 4.11. The molecule has 63 heavy (non-hydrogen) atoms. The summed E-state index contributed by atoms with van der Waals surface area (Å²) < 4.78 is 9.89. The number of hydrogen-bond donors (Lipinski definition) is 1. The largest absolute Gasteiger partial charge is 0.347 e. The topological polar surface area (TPSA) is 31.8 Å². The Balaban J connectivity index is 0.963. The molecule has 0 radical (unpaired) electrons. The molecule has 2 atom stereocenters. The van der Waals surface area contributed by atoms with Crippen LogP contribution in [0.5, 0.6) is 0 Å². The van der Waals surface area contributed by atoms with Crippen LogP contribution in [0.15, 0.2) is 218 Å². The van der Waals surface area contributed by atoms with Crippen molar-refractivity contribution in [3.63, 3.8) is 0 Å². The van der Waals surface area contributed by atoms with E-state index in [0.717, 1.165) is 22.7 Å². The van der Waals surface area contributed by atoms with E-state index in [4.69, 9.17) is 0 Å². The Bertz CT molecular complexity index is 3850. The molecule has 0 bridgehead atoms. The fourth-order valence-corrected chi connectivity index (χ4v) is 11.2. The molecule has 0 saturated carbocycles. The van der Waals surface area contributed by atoms with Crippen molar-refractivity contribution in [1.29, 1.82) is 0 Å². The minimum atomic E-state index is -0.145. The van der Waals surface area contributed by atoms with Crippen LogP contribution >= 0.6 is 0 Å². The van der Waals surface area contributed by atoms with E-state index in [9.17, 15) is 0 Å². The fraction of sp³-hybridized carbons (Fsp3) is 0.0345. The number of para-hydroxylation sites is 5. The standard InChI is InChI=1S/C58H39N5/c1-2-18-37(19-3-1)54-42-24-4-5-25-43(42)56-55(54)44-26-8-13-31-49(44)62(56)52-34-17-35-53(59-52)63-51-33-15-10-28-46(51)57-58(63)45-27-9-14-32-50(45)61(57)39-21-16-20-38(36-39)60-47-29-11-6-22-40(47)41-23-7-12-30-48(41)60/h1-36,52,54,59H. The summed E-state index contributed by atoms with van der Waals surface area (Å²) in [6.07, 6.45) is 6.64. The first-order valence-electron chi connectivity index (χ1n) is 21.9. The summed E-state index contributed by atoms with van der Waals surface area (Å²) in [5, 5.41) is 10.3. The van der Waals surface area contributed by atoms with Crippen LogP contribution in [-0.4, -0.2) is 18.3 Å². The van der Waals surface area contributed by atoms with Gasteiger partial charge in [0.05, 0.1) is 44.3 Å². The highest BCUT2D eigenvalue weighted by molar-refractivity contribution is 6.20. The lowest BCUT2D eigenvalue weighted by Gasteiger charge is -2.27. The molecule has 5 heteroatoms.